The van der Waals surface area contributed by atoms with Gasteiger partial charge in [-0.2, -0.15) is 0 Å². The maximum atomic E-state index is 6.63. The first-order chi connectivity index (χ1) is 15.7. The highest BCUT2D eigenvalue weighted by atomic mass is 16.5. The Hall–Kier alpha value is -3.33. The van der Waals surface area contributed by atoms with Gasteiger partial charge in [-0.05, 0) is 93.9 Å². The second kappa shape index (κ2) is 9.04. The predicted octanol–water partition coefficient (Wildman–Crippen LogP) is 7.83. The van der Waals surface area contributed by atoms with E-state index in [1.54, 1.807) is 0 Å². The summed E-state index contributed by atoms with van der Waals surface area (Å²) in [5.74, 6) is 2.06. The second-order valence-electron chi connectivity index (χ2n) is 8.96. The molecule has 3 aliphatic rings. The highest BCUT2D eigenvalue weighted by Crippen LogP contribution is 2.42. The van der Waals surface area contributed by atoms with E-state index in [1.807, 2.05) is 6.21 Å². The summed E-state index contributed by atoms with van der Waals surface area (Å²) in [5.41, 5.74) is 9.71. The Morgan fingerprint density at radius 3 is 2.31 bits per heavy atom. The standard InChI is InChI=1S/C29H30N2O/c1-20-9-13-26(14-10-20)30-18-24-7-3-5-22-17-23-6-4-8-25(29(23)32-28(22)24)19-31-27-15-11-21(2)12-16-27/h9-19,30H,3-8H2,1-2H3/b24-18+,31-19?. The van der Waals surface area contributed by atoms with Crippen molar-refractivity contribution in [1.29, 1.82) is 0 Å². The molecule has 0 unspecified atom stereocenters. The molecule has 2 aliphatic carbocycles. The molecule has 0 fully saturated rings. The number of nitrogens with zero attached hydrogens (tertiary/aromatic N) is 1. The van der Waals surface area contributed by atoms with Crippen LogP contribution in [0.25, 0.3) is 0 Å². The van der Waals surface area contributed by atoms with Gasteiger partial charge in [0.15, 0.2) is 0 Å². The summed E-state index contributed by atoms with van der Waals surface area (Å²) >= 11 is 0. The zero-order valence-electron chi connectivity index (χ0n) is 18.9. The third kappa shape index (κ3) is 4.47. The molecular formula is C29H30N2O. The number of aliphatic imine (C=N–C) groups is 1. The number of aryl methyl sites for hydroxylation is 2. The molecule has 0 saturated heterocycles. The monoisotopic (exact) mass is 422 g/mol. The number of nitrogens with one attached hydrogen (secondary N) is 1. The lowest BCUT2D eigenvalue weighted by Gasteiger charge is -2.31. The van der Waals surface area contributed by atoms with Crippen LogP contribution < -0.4 is 5.32 Å². The summed E-state index contributed by atoms with van der Waals surface area (Å²) in [7, 11) is 0. The molecule has 32 heavy (non-hydrogen) atoms. The van der Waals surface area contributed by atoms with Crippen LogP contribution in [-0.4, -0.2) is 6.21 Å². The fourth-order valence-electron chi connectivity index (χ4n) is 4.52. The van der Waals surface area contributed by atoms with Crippen LogP contribution in [0.1, 0.15) is 49.7 Å². The number of hydrogen-bond acceptors (Lipinski definition) is 3. The van der Waals surface area contributed by atoms with Crippen molar-refractivity contribution in [2.45, 2.75) is 52.4 Å². The van der Waals surface area contributed by atoms with E-state index < -0.39 is 0 Å². The van der Waals surface area contributed by atoms with Crippen LogP contribution in [0.2, 0.25) is 0 Å². The van der Waals surface area contributed by atoms with E-state index >= 15 is 0 Å². The zero-order chi connectivity index (χ0) is 21.9. The van der Waals surface area contributed by atoms with Crippen molar-refractivity contribution in [3.63, 3.8) is 0 Å². The molecule has 1 heterocycles. The van der Waals surface area contributed by atoms with E-state index in [0.717, 1.165) is 61.4 Å². The van der Waals surface area contributed by atoms with Crippen LogP contribution in [0, 0.1) is 13.8 Å². The molecule has 1 aliphatic heterocycles. The van der Waals surface area contributed by atoms with Crippen LogP contribution >= 0.6 is 0 Å². The van der Waals surface area contributed by atoms with Gasteiger partial charge in [-0.25, -0.2) is 0 Å². The van der Waals surface area contributed by atoms with E-state index in [0.29, 0.717) is 0 Å². The van der Waals surface area contributed by atoms with Crippen LogP contribution in [0.4, 0.5) is 11.4 Å². The average Bonchev–Trinajstić information content (AvgIpc) is 2.82. The SMILES string of the molecule is Cc1ccc(N=CC2=C3OC4=C(C=C3CCC2)CCC/C4=C\Nc2ccc(C)cc2)cc1. The van der Waals surface area contributed by atoms with Crippen molar-refractivity contribution in [2.24, 2.45) is 4.99 Å². The molecule has 0 aromatic heterocycles. The summed E-state index contributed by atoms with van der Waals surface area (Å²) in [6.45, 7) is 4.21. The Morgan fingerprint density at radius 1 is 0.812 bits per heavy atom. The largest absolute Gasteiger partial charge is 0.456 e. The first-order valence-electron chi connectivity index (χ1n) is 11.6. The smallest absolute Gasteiger partial charge is 0.135 e. The van der Waals surface area contributed by atoms with Gasteiger partial charge >= 0.3 is 0 Å². The Bertz CT molecular complexity index is 1160. The van der Waals surface area contributed by atoms with E-state index in [2.05, 4.69) is 80.0 Å². The van der Waals surface area contributed by atoms with E-state index in [-0.39, 0.29) is 0 Å². The number of fused-ring (bicyclic) bond motifs is 1. The molecule has 2 aromatic carbocycles. The van der Waals surface area contributed by atoms with Gasteiger partial charge in [0.1, 0.15) is 11.5 Å². The summed E-state index contributed by atoms with van der Waals surface area (Å²) in [4.78, 5) is 4.74. The van der Waals surface area contributed by atoms with Crippen LogP contribution in [0.15, 0.2) is 99.6 Å². The lowest BCUT2D eigenvalue weighted by Crippen LogP contribution is -2.16. The van der Waals surface area contributed by atoms with Gasteiger partial charge in [-0.15, -0.1) is 0 Å². The zero-order valence-corrected chi connectivity index (χ0v) is 18.9. The van der Waals surface area contributed by atoms with Crippen LogP contribution in [-0.2, 0) is 4.74 Å². The highest BCUT2D eigenvalue weighted by molar-refractivity contribution is 5.83. The topological polar surface area (TPSA) is 33.6 Å². The fraction of sp³-hybridized carbons (Fsp3) is 0.276. The van der Waals surface area contributed by atoms with Crippen LogP contribution in [0.5, 0.6) is 0 Å². The molecule has 3 heteroatoms. The minimum atomic E-state index is 0.982. The van der Waals surface area contributed by atoms with Crippen molar-refractivity contribution >= 4 is 17.6 Å². The Morgan fingerprint density at radius 2 is 1.53 bits per heavy atom. The number of ether oxygens (including phenoxy) is 1. The summed E-state index contributed by atoms with van der Waals surface area (Å²) < 4.78 is 6.63. The van der Waals surface area contributed by atoms with Gasteiger partial charge in [0.25, 0.3) is 0 Å². The Kier molecular flexibility index (Phi) is 5.81. The summed E-state index contributed by atoms with van der Waals surface area (Å²) in [6.07, 6.45) is 13.0. The number of anilines is 1. The molecular weight excluding hydrogens is 392 g/mol. The van der Waals surface area contributed by atoms with Gasteiger partial charge in [-0.3, -0.25) is 4.99 Å². The first kappa shape index (κ1) is 20.6. The minimum absolute atomic E-state index is 0.982. The molecule has 2 aromatic rings. The highest BCUT2D eigenvalue weighted by Gasteiger charge is 2.28. The molecule has 0 spiro atoms. The van der Waals surface area contributed by atoms with Gasteiger partial charge in [0.2, 0.25) is 0 Å². The second-order valence-corrected chi connectivity index (χ2v) is 8.96. The van der Waals surface area contributed by atoms with Gasteiger partial charge < -0.3 is 10.1 Å². The predicted molar refractivity (Wildman–Crippen MR) is 133 cm³/mol. The van der Waals surface area contributed by atoms with Crippen molar-refractivity contribution in [3.05, 3.63) is 106 Å². The van der Waals surface area contributed by atoms with Gasteiger partial charge in [0.05, 0.1) is 5.69 Å². The Labute approximate surface area is 190 Å². The lowest BCUT2D eigenvalue weighted by atomic mass is 9.86. The van der Waals surface area contributed by atoms with E-state index in [4.69, 9.17) is 9.73 Å². The quantitative estimate of drug-likeness (QED) is 0.509. The van der Waals surface area contributed by atoms with Crippen molar-refractivity contribution in [3.8, 4) is 0 Å². The summed E-state index contributed by atoms with van der Waals surface area (Å²) in [6, 6.07) is 16.8. The number of benzene rings is 2. The Balaban J connectivity index is 1.42. The third-order valence-electron chi connectivity index (χ3n) is 6.37. The molecule has 0 saturated carbocycles. The molecule has 0 amide bonds. The number of rotatable bonds is 4. The third-order valence-corrected chi connectivity index (χ3v) is 6.37. The van der Waals surface area contributed by atoms with Crippen molar-refractivity contribution < 1.29 is 4.74 Å². The van der Waals surface area contributed by atoms with E-state index in [1.165, 1.54) is 33.4 Å². The van der Waals surface area contributed by atoms with Crippen molar-refractivity contribution in [2.75, 3.05) is 5.32 Å². The first-order valence-corrected chi connectivity index (χ1v) is 11.6. The maximum Gasteiger partial charge on any atom is 0.135 e. The van der Waals surface area contributed by atoms with Crippen LogP contribution in [0.3, 0.4) is 0 Å². The molecule has 3 nitrogen and oxygen atoms in total. The number of hydrogen-bond donors (Lipinski definition) is 1. The van der Waals surface area contributed by atoms with Gasteiger partial charge in [-0.1, -0.05) is 35.4 Å². The van der Waals surface area contributed by atoms with E-state index in [9.17, 15) is 0 Å². The molecule has 0 radical (unpaired) electrons. The summed E-state index contributed by atoms with van der Waals surface area (Å²) in [5, 5.41) is 3.47. The molecule has 5 rings (SSSR count). The average molecular weight is 423 g/mol. The fourth-order valence-corrected chi connectivity index (χ4v) is 4.52. The number of allylic oxidation sites excluding steroid dienone is 5. The molecule has 1 N–H and O–H groups in total. The normalized spacial score (nSPS) is 19.6. The van der Waals surface area contributed by atoms with Crippen molar-refractivity contribution in [1.82, 2.24) is 0 Å². The minimum Gasteiger partial charge on any atom is -0.456 e. The van der Waals surface area contributed by atoms with Gasteiger partial charge in [0, 0.05) is 29.2 Å². The lowest BCUT2D eigenvalue weighted by molar-refractivity contribution is 0.293. The molecule has 0 bridgehead atoms. The maximum absolute atomic E-state index is 6.63. The molecule has 0 atom stereocenters. The molecule has 162 valence electrons.